The van der Waals surface area contributed by atoms with Gasteiger partial charge in [0.05, 0.1) is 6.54 Å². The molecule has 162 valence electrons. The SMILES string of the molecule is Cc1cccc(N2CCN(CC(=O)N(C)Cc3ccc(OC(F)F)cc3)CC2)c1C. The fraction of sp³-hybridized carbons (Fsp3) is 0.435. The Morgan fingerprint density at radius 2 is 1.73 bits per heavy atom. The second-order valence-corrected chi connectivity index (χ2v) is 7.75. The fourth-order valence-electron chi connectivity index (χ4n) is 3.68. The molecule has 0 bridgehead atoms. The number of halogens is 2. The van der Waals surface area contributed by atoms with Gasteiger partial charge in [0.2, 0.25) is 5.91 Å². The molecule has 1 fully saturated rings. The third-order valence-electron chi connectivity index (χ3n) is 5.64. The molecule has 0 N–H and O–H groups in total. The minimum Gasteiger partial charge on any atom is -0.435 e. The molecule has 3 rings (SSSR count). The number of likely N-dealkylation sites (N-methyl/N-ethyl adjacent to an activating group) is 1. The molecule has 0 aromatic heterocycles. The van der Waals surface area contributed by atoms with E-state index in [4.69, 9.17) is 0 Å². The van der Waals surface area contributed by atoms with Crippen molar-refractivity contribution in [2.24, 2.45) is 0 Å². The van der Waals surface area contributed by atoms with E-state index < -0.39 is 6.61 Å². The van der Waals surface area contributed by atoms with E-state index in [0.29, 0.717) is 13.1 Å². The number of alkyl halides is 2. The van der Waals surface area contributed by atoms with Gasteiger partial charge in [0.15, 0.2) is 0 Å². The van der Waals surface area contributed by atoms with Crippen molar-refractivity contribution < 1.29 is 18.3 Å². The molecule has 0 radical (unpaired) electrons. The van der Waals surface area contributed by atoms with Gasteiger partial charge in [-0.25, -0.2) is 0 Å². The maximum absolute atomic E-state index is 12.6. The lowest BCUT2D eigenvalue weighted by molar-refractivity contribution is -0.131. The predicted octanol–water partition coefficient (Wildman–Crippen LogP) is 3.69. The van der Waals surface area contributed by atoms with Crippen LogP contribution in [0.4, 0.5) is 14.5 Å². The molecule has 0 atom stereocenters. The molecule has 1 amide bonds. The first-order valence-electron chi connectivity index (χ1n) is 10.1. The van der Waals surface area contributed by atoms with Crippen molar-refractivity contribution in [3.63, 3.8) is 0 Å². The van der Waals surface area contributed by atoms with Gasteiger partial charge in [0.1, 0.15) is 5.75 Å². The number of piperazine rings is 1. The highest BCUT2D eigenvalue weighted by Crippen LogP contribution is 2.24. The minimum atomic E-state index is -2.84. The molecule has 1 saturated heterocycles. The summed E-state index contributed by atoms with van der Waals surface area (Å²) < 4.78 is 28.8. The molecule has 0 unspecified atom stereocenters. The summed E-state index contributed by atoms with van der Waals surface area (Å²) in [6, 6.07) is 12.8. The average molecular weight is 418 g/mol. The minimum absolute atomic E-state index is 0.0445. The number of anilines is 1. The molecule has 1 heterocycles. The molecule has 2 aromatic carbocycles. The topological polar surface area (TPSA) is 36.0 Å². The molecule has 7 heteroatoms. The molecule has 1 aliphatic rings. The first-order chi connectivity index (χ1) is 14.3. The van der Waals surface area contributed by atoms with E-state index in [1.165, 1.54) is 28.9 Å². The summed E-state index contributed by atoms with van der Waals surface area (Å²) >= 11 is 0. The van der Waals surface area contributed by atoms with Gasteiger partial charge in [-0.2, -0.15) is 8.78 Å². The fourth-order valence-corrected chi connectivity index (χ4v) is 3.68. The molecule has 5 nitrogen and oxygen atoms in total. The van der Waals surface area contributed by atoms with Crippen molar-refractivity contribution in [2.75, 3.05) is 44.7 Å². The number of amides is 1. The summed E-state index contributed by atoms with van der Waals surface area (Å²) in [4.78, 5) is 18.9. The zero-order valence-electron chi connectivity index (χ0n) is 17.8. The largest absolute Gasteiger partial charge is 0.435 e. The number of aryl methyl sites for hydroxylation is 1. The third kappa shape index (κ3) is 5.69. The highest BCUT2D eigenvalue weighted by molar-refractivity contribution is 5.78. The summed E-state index contributed by atoms with van der Waals surface area (Å²) in [7, 11) is 1.76. The Morgan fingerprint density at radius 3 is 2.37 bits per heavy atom. The number of carbonyl (C=O) groups excluding carboxylic acids is 1. The van der Waals surface area contributed by atoms with E-state index in [1.807, 2.05) is 0 Å². The van der Waals surface area contributed by atoms with E-state index in [2.05, 4.69) is 46.6 Å². The molecule has 1 aliphatic heterocycles. The Morgan fingerprint density at radius 1 is 1.07 bits per heavy atom. The van der Waals surface area contributed by atoms with Crippen molar-refractivity contribution in [3.05, 3.63) is 59.2 Å². The summed E-state index contributed by atoms with van der Waals surface area (Å²) in [6.07, 6.45) is 0. The Hall–Kier alpha value is -2.67. The van der Waals surface area contributed by atoms with E-state index >= 15 is 0 Å². The number of rotatable bonds is 7. The number of hydrogen-bond donors (Lipinski definition) is 0. The van der Waals surface area contributed by atoms with Crippen molar-refractivity contribution in [1.29, 1.82) is 0 Å². The predicted molar refractivity (Wildman–Crippen MR) is 114 cm³/mol. The Bertz CT molecular complexity index is 850. The van der Waals surface area contributed by atoms with Crippen LogP contribution in [0.3, 0.4) is 0 Å². The van der Waals surface area contributed by atoms with Gasteiger partial charge < -0.3 is 14.5 Å². The van der Waals surface area contributed by atoms with Crippen LogP contribution < -0.4 is 9.64 Å². The molecular formula is C23H29F2N3O2. The molecule has 2 aromatic rings. The van der Waals surface area contributed by atoms with Crippen molar-refractivity contribution in [2.45, 2.75) is 27.0 Å². The van der Waals surface area contributed by atoms with E-state index in [9.17, 15) is 13.6 Å². The number of nitrogens with zero attached hydrogens (tertiary/aromatic N) is 3. The maximum atomic E-state index is 12.6. The van der Waals surface area contributed by atoms with Crippen LogP contribution in [0.1, 0.15) is 16.7 Å². The first-order valence-corrected chi connectivity index (χ1v) is 10.1. The number of hydrogen-bond acceptors (Lipinski definition) is 4. The molecule has 0 spiro atoms. The van der Waals surface area contributed by atoms with Gasteiger partial charge in [-0.15, -0.1) is 0 Å². The van der Waals surface area contributed by atoms with Gasteiger partial charge in [0.25, 0.3) is 0 Å². The van der Waals surface area contributed by atoms with Gasteiger partial charge in [-0.1, -0.05) is 24.3 Å². The average Bonchev–Trinajstić information content (AvgIpc) is 2.72. The van der Waals surface area contributed by atoms with Crippen molar-refractivity contribution in [3.8, 4) is 5.75 Å². The monoisotopic (exact) mass is 417 g/mol. The van der Waals surface area contributed by atoms with E-state index in [0.717, 1.165) is 31.7 Å². The molecule has 0 aliphatic carbocycles. The smallest absolute Gasteiger partial charge is 0.387 e. The van der Waals surface area contributed by atoms with Crippen LogP contribution in [0, 0.1) is 13.8 Å². The highest BCUT2D eigenvalue weighted by atomic mass is 19.3. The third-order valence-corrected chi connectivity index (χ3v) is 5.64. The maximum Gasteiger partial charge on any atom is 0.387 e. The van der Waals surface area contributed by atoms with E-state index in [-0.39, 0.29) is 11.7 Å². The quantitative estimate of drug-likeness (QED) is 0.689. The van der Waals surface area contributed by atoms with Crippen LogP contribution in [0.5, 0.6) is 5.75 Å². The van der Waals surface area contributed by atoms with Crippen LogP contribution >= 0.6 is 0 Å². The van der Waals surface area contributed by atoms with Crippen LogP contribution in [-0.4, -0.2) is 62.1 Å². The van der Waals surface area contributed by atoms with E-state index in [1.54, 1.807) is 24.1 Å². The lowest BCUT2D eigenvalue weighted by Gasteiger charge is -2.37. The highest BCUT2D eigenvalue weighted by Gasteiger charge is 2.21. The zero-order chi connectivity index (χ0) is 21.7. The van der Waals surface area contributed by atoms with Gasteiger partial charge in [0, 0.05) is 45.5 Å². The van der Waals surface area contributed by atoms with Crippen molar-refractivity contribution in [1.82, 2.24) is 9.80 Å². The van der Waals surface area contributed by atoms with Gasteiger partial charge in [-0.05, 0) is 48.7 Å². The zero-order valence-corrected chi connectivity index (χ0v) is 17.8. The molecule has 0 saturated carbocycles. The Labute approximate surface area is 176 Å². The molecular weight excluding hydrogens is 388 g/mol. The number of carbonyl (C=O) groups is 1. The summed E-state index contributed by atoms with van der Waals surface area (Å²) in [6.45, 7) is 5.72. The lowest BCUT2D eigenvalue weighted by atomic mass is 10.1. The molecule has 30 heavy (non-hydrogen) atoms. The standard InChI is InChI=1S/C23H29F2N3O2/c1-17-5-4-6-21(18(17)2)28-13-11-27(12-14-28)16-22(29)26(3)15-19-7-9-20(10-8-19)30-23(24)25/h4-10,23H,11-16H2,1-3H3. The van der Waals surface area contributed by atoms with Crippen LogP contribution in [0.15, 0.2) is 42.5 Å². The Kier molecular flexibility index (Phi) is 7.26. The van der Waals surface area contributed by atoms with Crippen LogP contribution in [0.2, 0.25) is 0 Å². The second kappa shape index (κ2) is 9.89. The number of ether oxygens (including phenoxy) is 1. The number of benzene rings is 2. The summed E-state index contributed by atoms with van der Waals surface area (Å²) in [5.74, 6) is 0.160. The normalized spacial score (nSPS) is 14.8. The summed E-state index contributed by atoms with van der Waals surface area (Å²) in [5.41, 5.74) is 4.75. The van der Waals surface area contributed by atoms with Gasteiger partial charge >= 0.3 is 6.61 Å². The lowest BCUT2D eigenvalue weighted by Crippen LogP contribution is -2.49. The Balaban J connectivity index is 1.47. The summed E-state index contributed by atoms with van der Waals surface area (Å²) in [5, 5.41) is 0. The van der Waals surface area contributed by atoms with Crippen molar-refractivity contribution >= 4 is 11.6 Å². The first kappa shape index (κ1) is 22.0. The van der Waals surface area contributed by atoms with Crippen LogP contribution in [-0.2, 0) is 11.3 Å². The van der Waals surface area contributed by atoms with Crippen LogP contribution in [0.25, 0.3) is 0 Å². The van der Waals surface area contributed by atoms with Gasteiger partial charge in [-0.3, -0.25) is 9.69 Å². The second-order valence-electron chi connectivity index (χ2n) is 7.75.